The highest BCUT2D eigenvalue weighted by Crippen LogP contribution is 2.32. The molecule has 2 heterocycles. The van der Waals surface area contributed by atoms with Gasteiger partial charge >= 0.3 is 0 Å². The third kappa shape index (κ3) is 3.18. The van der Waals surface area contributed by atoms with Crippen molar-refractivity contribution < 1.29 is 13.9 Å². The Morgan fingerprint density at radius 2 is 2.04 bits per heavy atom. The number of nitrogens with one attached hydrogen (secondary N) is 1. The van der Waals surface area contributed by atoms with Crippen molar-refractivity contribution in [1.82, 2.24) is 10.3 Å². The lowest BCUT2D eigenvalue weighted by Gasteiger charge is -2.18. The Morgan fingerprint density at radius 3 is 2.96 bits per heavy atom. The van der Waals surface area contributed by atoms with Gasteiger partial charge in [0.1, 0.15) is 17.3 Å². The van der Waals surface area contributed by atoms with Gasteiger partial charge in [-0.25, -0.2) is 9.37 Å². The summed E-state index contributed by atoms with van der Waals surface area (Å²) in [4.78, 5) is 17.1. The lowest BCUT2D eigenvalue weighted by Crippen LogP contribution is -2.29. The third-order valence-electron chi connectivity index (χ3n) is 4.38. The van der Waals surface area contributed by atoms with Gasteiger partial charge in [0.2, 0.25) is 0 Å². The molecule has 3 aromatic rings. The number of rotatable bonds is 2. The second kappa shape index (κ2) is 6.51. The van der Waals surface area contributed by atoms with Crippen LogP contribution in [0.15, 0.2) is 54.6 Å². The molecule has 0 saturated heterocycles. The highest BCUT2D eigenvalue weighted by atomic mass is 19.1. The van der Waals surface area contributed by atoms with Crippen molar-refractivity contribution in [2.75, 3.05) is 6.61 Å². The molecule has 1 aliphatic rings. The van der Waals surface area contributed by atoms with Gasteiger partial charge in [0, 0.05) is 10.9 Å². The van der Waals surface area contributed by atoms with E-state index >= 15 is 0 Å². The number of fused-ring (bicyclic) bond motifs is 2. The standard InChI is InChI=1S/C20H17FN2O2/c21-14-8-10-19-15(12-14)17(6-3-11-25-19)23-20(24)18-9-7-13-4-1-2-5-16(13)22-18/h1-2,4-5,7-10,12,17H,3,6,11H2,(H,23,24). The van der Waals surface area contributed by atoms with Crippen LogP contribution in [0.3, 0.4) is 0 Å². The molecule has 4 nitrogen and oxygen atoms in total. The van der Waals surface area contributed by atoms with Gasteiger partial charge in [-0.1, -0.05) is 24.3 Å². The summed E-state index contributed by atoms with van der Waals surface area (Å²) in [5.74, 6) is 0.0101. The molecule has 1 aliphatic heterocycles. The Kier molecular flexibility index (Phi) is 4.06. The van der Waals surface area contributed by atoms with Crippen LogP contribution in [0.25, 0.3) is 10.9 Å². The van der Waals surface area contributed by atoms with Crippen molar-refractivity contribution in [2.45, 2.75) is 18.9 Å². The molecule has 4 rings (SSSR count). The van der Waals surface area contributed by atoms with Crippen LogP contribution in [0.4, 0.5) is 4.39 Å². The first-order valence-electron chi connectivity index (χ1n) is 8.29. The summed E-state index contributed by atoms with van der Waals surface area (Å²) in [6, 6.07) is 15.3. The molecule has 1 aromatic heterocycles. The maximum atomic E-state index is 13.7. The average Bonchev–Trinajstić information content (AvgIpc) is 2.83. The lowest BCUT2D eigenvalue weighted by molar-refractivity contribution is 0.0930. The molecule has 0 spiro atoms. The van der Waals surface area contributed by atoms with Crippen molar-refractivity contribution in [2.24, 2.45) is 0 Å². The first-order valence-corrected chi connectivity index (χ1v) is 8.29. The molecule has 0 bridgehead atoms. The van der Waals surface area contributed by atoms with E-state index in [4.69, 9.17) is 4.74 Å². The van der Waals surface area contributed by atoms with E-state index in [-0.39, 0.29) is 17.8 Å². The minimum Gasteiger partial charge on any atom is -0.493 e. The highest BCUT2D eigenvalue weighted by Gasteiger charge is 2.23. The molecular weight excluding hydrogens is 319 g/mol. The quantitative estimate of drug-likeness (QED) is 0.769. The molecule has 0 fully saturated rings. The summed E-state index contributed by atoms with van der Waals surface area (Å²) in [6.07, 6.45) is 1.47. The number of hydrogen-bond acceptors (Lipinski definition) is 3. The molecule has 25 heavy (non-hydrogen) atoms. The molecule has 5 heteroatoms. The zero-order valence-corrected chi connectivity index (χ0v) is 13.5. The molecule has 0 saturated carbocycles. The van der Waals surface area contributed by atoms with Gasteiger partial charge in [-0.05, 0) is 43.2 Å². The largest absolute Gasteiger partial charge is 0.493 e. The zero-order valence-electron chi connectivity index (χ0n) is 13.5. The molecule has 126 valence electrons. The maximum absolute atomic E-state index is 13.7. The number of halogens is 1. The fourth-order valence-electron chi connectivity index (χ4n) is 3.12. The van der Waals surface area contributed by atoms with Crippen LogP contribution in [0.5, 0.6) is 5.75 Å². The van der Waals surface area contributed by atoms with Crippen LogP contribution in [-0.4, -0.2) is 17.5 Å². The number of carbonyl (C=O) groups is 1. The molecule has 1 N–H and O–H groups in total. The SMILES string of the molecule is O=C(NC1CCCOc2ccc(F)cc21)c1ccc2ccccc2n1. The summed E-state index contributed by atoms with van der Waals surface area (Å²) in [5, 5.41) is 3.96. The van der Waals surface area contributed by atoms with E-state index in [1.54, 1.807) is 12.1 Å². The second-order valence-electron chi connectivity index (χ2n) is 6.09. The minimum absolute atomic E-state index is 0.270. The van der Waals surface area contributed by atoms with Gasteiger partial charge in [0.25, 0.3) is 5.91 Å². The molecule has 0 radical (unpaired) electrons. The number of pyridine rings is 1. The minimum atomic E-state index is -0.340. The van der Waals surface area contributed by atoms with Gasteiger partial charge in [0.15, 0.2) is 0 Å². The van der Waals surface area contributed by atoms with Gasteiger partial charge < -0.3 is 10.1 Å². The number of carbonyl (C=O) groups excluding carboxylic acids is 1. The van der Waals surface area contributed by atoms with Gasteiger partial charge in [0.05, 0.1) is 18.2 Å². The van der Waals surface area contributed by atoms with Crippen LogP contribution < -0.4 is 10.1 Å². The van der Waals surface area contributed by atoms with Gasteiger partial charge in [-0.3, -0.25) is 4.79 Å². The van der Waals surface area contributed by atoms with Crippen LogP contribution in [0.1, 0.15) is 34.9 Å². The topological polar surface area (TPSA) is 51.2 Å². The van der Waals surface area contributed by atoms with Crippen molar-refractivity contribution >= 4 is 16.8 Å². The summed E-state index contributed by atoms with van der Waals surface area (Å²) < 4.78 is 19.3. The number of hydrogen-bond donors (Lipinski definition) is 1. The van der Waals surface area contributed by atoms with E-state index in [0.29, 0.717) is 30.0 Å². The Balaban J connectivity index is 1.62. The smallest absolute Gasteiger partial charge is 0.270 e. The van der Waals surface area contributed by atoms with Crippen LogP contribution in [-0.2, 0) is 0 Å². The Morgan fingerprint density at radius 1 is 1.16 bits per heavy atom. The van der Waals surface area contributed by atoms with E-state index < -0.39 is 0 Å². The van der Waals surface area contributed by atoms with Crippen LogP contribution in [0, 0.1) is 5.82 Å². The summed E-state index contributed by atoms with van der Waals surface area (Å²) in [5.41, 5.74) is 1.79. The normalized spacial score (nSPS) is 16.6. The first-order chi connectivity index (χ1) is 12.2. The number of benzene rings is 2. The predicted molar refractivity (Wildman–Crippen MR) is 93.1 cm³/mol. The summed E-state index contributed by atoms with van der Waals surface area (Å²) in [7, 11) is 0. The monoisotopic (exact) mass is 336 g/mol. The van der Waals surface area contributed by atoms with Crippen molar-refractivity contribution in [3.8, 4) is 5.75 Å². The number of ether oxygens (including phenoxy) is 1. The van der Waals surface area contributed by atoms with Crippen molar-refractivity contribution in [3.05, 3.63) is 71.7 Å². The molecule has 1 unspecified atom stereocenters. The van der Waals surface area contributed by atoms with Crippen molar-refractivity contribution in [3.63, 3.8) is 0 Å². The number of para-hydroxylation sites is 1. The van der Waals surface area contributed by atoms with Crippen molar-refractivity contribution in [1.29, 1.82) is 0 Å². The third-order valence-corrected chi connectivity index (χ3v) is 4.38. The lowest BCUT2D eigenvalue weighted by atomic mass is 10.0. The molecule has 0 aliphatic carbocycles. The molecule has 1 amide bonds. The fraction of sp³-hybridized carbons (Fsp3) is 0.200. The van der Waals surface area contributed by atoms with Gasteiger partial charge in [-0.2, -0.15) is 0 Å². The molecular formula is C20H17FN2O2. The Labute approximate surface area is 144 Å². The highest BCUT2D eigenvalue weighted by molar-refractivity contribution is 5.95. The Hall–Kier alpha value is -2.95. The van der Waals surface area contributed by atoms with Crippen LogP contribution in [0.2, 0.25) is 0 Å². The average molecular weight is 336 g/mol. The second-order valence-corrected chi connectivity index (χ2v) is 6.09. The first kappa shape index (κ1) is 15.6. The maximum Gasteiger partial charge on any atom is 0.270 e. The molecule has 1 atom stereocenters. The van der Waals surface area contributed by atoms with E-state index in [1.807, 2.05) is 30.3 Å². The predicted octanol–water partition coefficient (Wildman–Crippen LogP) is 4.02. The Bertz CT molecular complexity index is 942. The number of nitrogens with zero attached hydrogens (tertiary/aromatic N) is 1. The van der Waals surface area contributed by atoms with E-state index in [0.717, 1.165) is 17.3 Å². The fourth-order valence-corrected chi connectivity index (χ4v) is 3.12. The summed E-state index contributed by atoms with van der Waals surface area (Å²) in [6.45, 7) is 0.555. The number of aromatic nitrogens is 1. The summed E-state index contributed by atoms with van der Waals surface area (Å²) >= 11 is 0. The van der Waals surface area contributed by atoms with Crippen LogP contribution >= 0.6 is 0 Å². The van der Waals surface area contributed by atoms with E-state index in [1.165, 1.54) is 12.1 Å². The van der Waals surface area contributed by atoms with E-state index in [2.05, 4.69) is 10.3 Å². The number of amides is 1. The molecule has 2 aromatic carbocycles. The van der Waals surface area contributed by atoms with E-state index in [9.17, 15) is 9.18 Å². The zero-order chi connectivity index (χ0) is 17.2. The van der Waals surface area contributed by atoms with Gasteiger partial charge in [-0.15, -0.1) is 0 Å².